The number of morpholine rings is 1. The number of amides is 2. The van der Waals surface area contributed by atoms with E-state index in [0.29, 0.717) is 12.5 Å². The lowest BCUT2D eigenvalue weighted by molar-refractivity contribution is 0.123. The first-order valence-corrected chi connectivity index (χ1v) is 7.63. The van der Waals surface area contributed by atoms with Crippen molar-refractivity contribution in [3.05, 3.63) is 24.3 Å². The molecule has 1 fully saturated rings. The van der Waals surface area contributed by atoms with Gasteiger partial charge in [0.15, 0.2) is 0 Å². The second-order valence-corrected chi connectivity index (χ2v) is 5.68. The average Bonchev–Trinajstić information content (AvgIpc) is 2.48. The van der Waals surface area contributed by atoms with Crippen molar-refractivity contribution in [2.45, 2.75) is 20.3 Å². The molecule has 0 radical (unpaired) electrons. The van der Waals surface area contributed by atoms with E-state index >= 15 is 0 Å². The van der Waals surface area contributed by atoms with Crippen LogP contribution in [-0.4, -0.2) is 38.9 Å². The van der Waals surface area contributed by atoms with Crippen LogP contribution in [0.5, 0.6) is 0 Å². The van der Waals surface area contributed by atoms with Crippen molar-refractivity contribution in [2.75, 3.05) is 43.1 Å². The molecule has 2 amide bonds. The second-order valence-electron chi connectivity index (χ2n) is 5.68. The Hall–Kier alpha value is -1.75. The first kappa shape index (κ1) is 15.6. The van der Waals surface area contributed by atoms with Gasteiger partial charge in [-0.1, -0.05) is 26.0 Å². The molecule has 0 bridgehead atoms. The zero-order valence-electron chi connectivity index (χ0n) is 12.9. The van der Waals surface area contributed by atoms with E-state index < -0.39 is 0 Å². The van der Waals surface area contributed by atoms with Crippen molar-refractivity contribution in [3.63, 3.8) is 0 Å². The first-order valence-electron chi connectivity index (χ1n) is 7.63. The van der Waals surface area contributed by atoms with E-state index in [-0.39, 0.29) is 6.03 Å². The summed E-state index contributed by atoms with van der Waals surface area (Å²) in [6.07, 6.45) is 0.985. The minimum absolute atomic E-state index is 0.142. The Labute approximate surface area is 126 Å². The van der Waals surface area contributed by atoms with Gasteiger partial charge >= 0.3 is 6.03 Å². The van der Waals surface area contributed by atoms with Crippen LogP contribution < -0.4 is 15.5 Å². The van der Waals surface area contributed by atoms with E-state index in [1.54, 1.807) is 0 Å². The number of nitrogens with zero attached hydrogens (tertiary/aromatic N) is 1. The van der Waals surface area contributed by atoms with Crippen LogP contribution in [0.3, 0.4) is 0 Å². The van der Waals surface area contributed by atoms with Gasteiger partial charge in [0.05, 0.1) is 24.6 Å². The molecule has 2 N–H and O–H groups in total. The van der Waals surface area contributed by atoms with Crippen LogP contribution in [0.1, 0.15) is 20.3 Å². The van der Waals surface area contributed by atoms with Gasteiger partial charge in [0.2, 0.25) is 0 Å². The second kappa shape index (κ2) is 7.88. The zero-order chi connectivity index (χ0) is 15.1. The molecule has 1 aliphatic rings. The number of urea groups is 1. The summed E-state index contributed by atoms with van der Waals surface area (Å²) in [5.41, 5.74) is 1.90. The number of carbonyl (C=O) groups excluding carboxylic acids is 1. The number of hydrogen-bond donors (Lipinski definition) is 2. The highest BCUT2D eigenvalue weighted by molar-refractivity contribution is 5.93. The number of anilines is 2. The van der Waals surface area contributed by atoms with Crippen molar-refractivity contribution in [2.24, 2.45) is 5.92 Å². The summed E-state index contributed by atoms with van der Waals surface area (Å²) in [6.45, 7) is 8.16. The van der Waals surface area contributed by atoms with Crippen LogP contribution >= 0.6 is 0 Å². The minimum Gasteiger partial charge on any atom is -0.378 e. The number of nitrogens with one attached hydrogen (secondary N) is 2. The van der Waals surface area contributed by atoms with Gasteiger partial charge in [-0.2, -0.15) is 0 Å². The zero-order valence-corrected chi connectivity index (χ0v) is 12.9. The Morgan fingerprint density at radius 3 is 2.71 bits per heavy atom. The fourth-order valence-corrected chi connectivity index (χ4v) is 2.30. The molecular weight excluding hydrogens is 266 g/mol. The van der Waals surface area contributed by atoms with Gasteiger partial charge in [-0.15, -0.1) is 0 Å². The molecule has 0 unspecified atom stereocenters. The summed E-state index contributed by atoms with van der Waals surface area (Å²) in [6, 6.07) is 7.76. The molecule has 0 aliphatic carbocycles. The van der Waals surface area contributed by atoms with Gasteiger partial charge in [-0.25, -0.2) is 4.79 Å². The molecule has 1 saturated heterocycles. The fourth-order valence-electron chi connectivity index (χ4n) is 2.30. The maximum atomic E-state index is 12.0. The molecule has 1 heterocycles. The molecular formula is C16H25N3O2. The first-order chi connectivity index (χ1) is 10.2. The molecule has 5 nitrogen and oxygen atoms in total. The van der Waals surface area contributed by atoms with Gasteiger partial charge in [0.1, 0.15) is 0 Å². The smallest absolute Gasteiger partial charge is 0.319 e. The van der Waals surface area contributed by atoms with Gasteiger partial charge in [0, 0.05) is 19.6 Å². The lowest BCUT2D eigenvalue weighted by atomic mass is 10.1. The highest BCUT2D eigenvalue weighted by atomic mass is 16.5. The maximum absolute atomic E-state index is 12.0. The number of hydrogen-bond acceptors (Lipinski definition) is 3. The lowest BCUT2D eigenvalue weighted by Crippen LogP contribution is -2.37. The van der Waals surface area contributed by atoms with E-state index in [1.807, 2.05) is 24.3 Å². The molecule has 116 valence electrons. The summed E-state index contributed by atoms with van der Waals surface area (Å²) >= 11 is 0. The third-order valence-electron chi connectivity index (χ3n) is 3.51. The average molecular weight is 291 g/mol. The molecule has 0 atom stereocenters. The monoisotopic (exact) mass is 291 g/mol. The van der Waals surface area contributed by atoms with Crippen molar-refractivity contribution in [3.8, 4) is 0 Å². The van der Waals surface area contributed by atoms with E-state index in [4.69, 9.17) is 4.74 Å². The molecule has 0 aromatic heterocycles. The molecule has 1 aromatic carbocycles. The van der Waals surface area contributed by atoms with Crippen LogP contribution in [0, 0.1) is 5.92 Å². The van der Waals surface area contributed by atoms with E-state index in [9.17, 15) is 4.79 Å². The normalized spacial score (nSPS) is 15.1. The molecule has 21 heavy (non-hydrogen) atoms. The van der Waals surface area contributed by atoms with Crippen molar-refractivity contribution >= 4 is 17.4 Å². The number of carbonyl (C=O) groups is 1. The SMILES string of the molecule is CC(C)CCNC(=O)Nc1ccccc1N1CCOCC1. The molecule has 1 aliphatic heterocycles. The third kappa shape index (κ3) is 4.93. The number of benzene rings is 1. The highest BCUT2D eigenvalue weighted by Gasteiger charge is 2.15. The molecule has 5 heteroatoms. The van der Waals surface area contributed by atoms with Crippen LogP contribution in [0.2, 0.25) is 0 Å². The van der Waals surface area contributed by atoms with Crippen molar-refractivity contribution in [1.29, 1.82) is 0 Å². The van der Waals surface area contributed by atoms with Crippen LogP contribution in [0.4, 0.5) is 16.2 Å². The number of rotatable bonds is 5. The lowest BCUT2D eigenvalue weighted by Gasteiger charge is -2.30. The Balaban J connectivity index is 1.94. The minimum atomic E-state index is -0.142. The maximum Gasteiger partial charge on any atom is 0.319 e. The summed E-state index contributed by atoms with van der Waals surface area (Å²) < 4.78 is 5.38. The molecule has 2 rings (SSSR count). The summed E-state index contributed by atoms with van der Waals surface area (Å²) in [4.78, 5) is 14.2. The predicted molar refractivity (Wildman–Crippen MR) is 86.0 cm³/mol. The quantitative estimate of drug-likeness (QED) is 0.877. The van der Waals surface area contributed by atoms with Crippen LogP contribution in [0.25, 0.3) is 0 Å². The van der Waals surface area contributed by atoms with Crippen molar-refractivity contribution < 1.29 is 9.53 Å². The Morgan fingerprint density at radius 1 is 1.29 bits per heavy atom. The fraction of sp³-hybridized carbons (Fsp3) is 0.562. The molecule has 1 aromatic rings. The van der Waals surface area contributed by atoms with Gasteiger partial charge in [0.25, 0.3) is 0 Å². The van der Waals surface area contributed by atoms with Gasteiger partial charge in [-0.3, -0.25) is 0 Å². The predicted octanol–water partition coefficient (Wildman–Crippen LogP) is 2.69. The Bertz CT molecular complexity index is 457. The van der Waals surface area contributed by atoms with E-state index in [0.717, 1.165) is 44.1 Å². The standard InChI is InChI=1S/C16H25N3O2/c1-13(2)7-8-17-16(20)18-14-5-3-4-6-15(14)19-9-11-21-12-10-19/h3-6,13H,7-12H2,1-2H3,(H2,17,18,20). The van der Waals surface area contributed by atoms with E-state index in [1.165, 1.54) is 0 Å². The van der Waals surface area contributed by atoms with Crippen LogP contribution in [-0.2, 0) is 4.74 Å². The summed E-state index contributed by atoms with van der Waals surface area (Å²) in [5.74, 6) is 0.589. The van der Waals surface area contributed by atoms with E-state index in [2.05, 4.69) is 29.4 Å². The Kier molecular flexibility index (Phi) is 5.87. The number of ether oxygens (including phenoxy) is 1. The molecule has 0 spiro atoms. The van der Waals surface area contributed by atoms with Crippen LogP contribution in [0.15, 0.2) is 24.3 Å². The third-order valence-corrected chi connectivity index (χ3v) is 3.51. The van der Waals surface area contributed by atoms with Gasteiger partial charge < -0.3 is 20.3 Å². The number of para-hydroxylation sites is 2. The summed E-state index contributed by atoms with van der Waals surface area (Å²) in [7, 11) is 0. The van der Waals surface area contributed by atoms with Crippen molar-refractivity contribution in [1.82, 2.24) is 5.32 Å². The largest absolute Gasteiger partial charge is 0.378 e. The topological polar surface area (TPSA) is 53.6 Å². The summed E-state index contributed by atoms with van der Waals surface area (Å²) in [5, 5.41) is 5.85. The Morgan fingerprint density at radius 2 is 2.00 bits per heavy atom. The molecule has 0 saturated carbocycles. The van der Waals surface area contributed by atoms with Gasteiger partial charge in [-0.05, 0) is 24.5 Å². The highest BCUT2D eigenvalue weighted by Crippen LogP contribution is 2.26.